The molecular weight excluding hydrogens is 234 g/mol. The first kappa shape index (κ1) is 12.3. The van der Waals surface area contributed by atoms with Gasteiger partial charge in [0, 0.05) is 5.56 Å². The van der Waals surface area contributed by atoms with Gasteiger partial charge in [-0.05, 0) is 12.8 Å². The number of carbonyl (C=O) groups is 1. The molecule has 0 heterocycles. The highest BCUT2D eigenvalue weighted by Gasteiger charge is 2.16. The van der Waals surface area contributed by atoms with E-state index in [4.69, 9.17) is 11.6 Å². The Kier molecular flexibility index (Phi) is 4.32. The first-order chi connectivity index (χ1) is 8.27. The fourth-order valence-corrected chi connectivity index (χ4v) is 2.38. The van der Waals surface area contributed by atoms with E-state index in [-0.39, 0.29) is 17.0 Å². The number of nitrogens with zero attached hydrogens (tertiary/aromatic N) is 1. The molecule has 1 aliphatic carbocycles. The smallest absolute Gasteiger partial charge is 0.222 e. The number of ketones is 1. The number of halogens is 1. The Morgan fingerprint density at radius 2 is 1.76 bits per heavy atom. The molecule has 0 aromatic heterocycles. The molecule has 0 spiro atoms. The van der Waals surface area contributed by atoms with E-state index in [0.29, 0.717) is 5.56 Å². The normalized spacial score (nSPS) is 18.1. The summed E-state index contributed by atoms with van der Waals surface area (Å²) in [5.74, 6) is -0.169. The molecule has 0 unspecified atom stereocenters. The molecule has 0 atom stereocenters. The van der Waals surface area contributed by atoms with Crippen LogP contribution in [0.15, 0.2) is 35.3 Å². The molecule has 3 heteroatoms. The van der Waals surface area contributed by atoms with Crippen molar-refractivity contribution in [3.05, 3.63) is 35.9 Å². The van der Waals surface area contributed by atoms with E-state index in [1.807, 2.05) is 18.2 Å². The van der Waals surface area contributed by atoms with Crippen LogP contribution in [0.4, 0.5) is 0 Å². The predicted molar refractivity (Wildman–Crippen MR) is 70.9 cm³/mol. The average Bonchev–Trinajstić information content (AvgIpc) is 2.40. The maximum Gasteiger partial charge on any atom is 0.222 e. The van der Waals surface area contributed by atoms with Crippen molar-refractivity contribution < 1.29 is 4.79 Å². The van der Waals surface area contributed by atoms with Gasteiger partial charge in [0.15, 0.2) is 5.17 Å². The van der Waals surface area contributed by atoms with E-state index < -0.39 is 0 Å². The van der Waals surface area contributed by atoms with E-state index in [1.54, 1.807) is 12.1 Å². The molecule has 0 aliphatic heterocycles. The lowest BCUT2D eigenvalue weighted by molar-refractivity contribution is 0.106. The zero-order valence-corrected chi connectivity index (χ0v) is 10.5. The third kappa shape index (κ3) is 3.40. The molecule has 2 rings (SSSR count). The Balaban J connectivity index is 2.06. The Bertz CT molecular complexity index is 407. The summed E-state index contributed by atoms with van der Waals surface area (Å²) in [5, 5.41) is 0.128. The number of Topliss-reactive ketones (excluding diaryl/α,β-unsaturated/α-hetero) is 1. The van der Waals surface area contributed by atoms with Crippen LogP contribution in [0.2, 0.25) is 0 Å². The molecule has 0 saturated heterocycles. The monoisotopic (exact) mass is 249 g/mol. The summed E-state index contributed by atoms with van der Waals surface area (Å²) in [5.41, 5.74) is 0.608. The molecule has 1 aromatic rings. The van der Waals surface area contributed by atoms with Gasteiger partial charge < -0.3 is 0 Å². The molecule has 0 bridgehead atoms. The van der Waals surface area contributed by atoms with Crippen LogP contribution >= 0.6 is 11.6 Å². The lowest BCUT2D eigenvalue weighted by Crippen LogP contribution is -2.15. The van der Waals surface area contributed by atoms with Crippen LogP contribution < -0.4 is 0 Å². The minimum Gasteiger partial charge on any atom is -0.286 e. The first-order valence-electron chi connectivity index (χ1n) is 6.10. The second-order valence-corrected chi connectivity index (χ2v) is 4.76. The molecule has 0 radical (unpaired) electrons. The van der Waals surface area contributed by atoms with Gasteiger partial charge in [-0.3, -0.25) is 9.79 Å². The number of aliphatic imine (C=N–C) groups is 1. The lowest BCUT2D eigenvalue weighted by Gasteiger charge is -2.17. The van der Waals surface area contributed by atoms with E-state index in [1.165, 1.54) is 19.3 Å². The van der Waals surface area contributed by atoms with E-state index in [2.05, 4.69) is 4.99 Å². The highest BCUT2D eigenvalue weighted by Crippen LogP contribution is 2.21. The van der Waals surface area contributed by atoms with E-state index in [0.717, 1.165) is 12.8 Å². The average molecular weight is 250 g/mol. The van der Waals surface area contributed by atoms with Crippen molar-refractivity contribution in [1.82, 2.24) is 0 Å². The summed E-state index contributed by atoms with van der Waals surface area (Å²) in [4.78, 5) is 16.3. The Morgan fingerprint density at radius 3 is 2.41 bits per heavy atom. The summed E-state index contributed by atoms with van der Waals surface area (Å²) >= 11 is 6.00. The molecule has 2 nitrogen and oxygen atoms in total. The van der Waals surface area contributed by atoms with Crippen molar-refractivity contribution >= 4 is 22.6 Å². The van der Waals surface area contributed by atoms with Crippen LogP contribution in [0, 0.1) is 0 Å². The minimum atomic E-state index is -0.169. The van der Waals surface area contributed by atoms with E-state index >= 15 is 0 Å². The third-order valence-electron chi connectivity index (χ3n) is 3.09. The number of hydrogen-bond donors (Lipinski definition) is 0. The quantitative estimate of drug-likeness (QED) is 0.591. The molecule has 1 aromatic carbocycles. The maximum atomic E-state index is 12.0. The zero-order chi connectivity index (χ0) is 12.1. The number of rotatable bonds is 3. The van der Waals surface area contributed by atoms with Crippen molar-refractivity contribution in [1.29, 1.82) is 0 Å². The fraction of sp³-hybridized carbons (Fsp3) is 0.429. The number of carbonyl (C=O) groups excluding carboxylic acids is 1. The SMILES string of the molecule is O=C(C(Cl)=NC1CCCCC1)c1ccccc1. The van der Waals surface area contributed by atoms with Crippen molar-refractivity contribution in [2.45, 2.75) is 38.1 Å². The van der Waals surface area contributed by atoms with Gasteiger partial charge in [-0.2, -0.15) is 0 Å². The summed E-state index contributed by atoms with van der Waals surface area (Å²) in [6, 6.07) is 9.31. The summed E-state index contributed by atoms with van der Waals surface area (Å²) in [6.07, 6.45) is 5.77. The van der Waals surface area contributed by atoms with Crippen LogP contribution in [0.5, 0.6) is 0 Å². The van der Waals surface area contributed by atoms with Gasteiger partial charge in [0.25, 0.3) is 0 Å². The Labute approximate surface area is 107 Å². The van der Waals surface area contributed by atoms with Crippen molar-refractivity contribution in [2.75, 3.05) is 0 Å². The van der Waals surface area contributed by atoms with Crippen LogP contribution in [0.1, 0.15) is 42.5 Å². The van der Waals surface area contributed by atoms with Gasteiger partial charge >= 0.3 is 0 Å². The van der Waals surface area contributed by atoms with Gasteiger partial charge in [0.2, 0.25) is 5.78 Å². The summed E-state index contributed by atoms with van der Waals surface area (Å²) in [7, 11) is 0. The van der Waals surface area contributed by atoms with Crippen LogP contribution in [-0.4, -0.2) is 17.0 Å². The number of benzene rings is 1. The Morgan fingerprint density at radius 1 is 1.12 bits per heavy atom. The molecule has 17 heavy (non-hydrogen) atoms. The zero-order valence-electron chi connectivity index (χ0n) is 9.73. The minimum absolute atomic E-state index is 0.128. The van der Waals surface area contributed by atoms with Gasteiger partial charge in [0.05, 0.1) is 6.04 Å². The maximum absolute atomic E-state index is 12.0. The van der Waals surface area contributed by atoms with Gasteiger partial charge in [0.1, 0.15) is 0 Å². The van der Waals surface area contributed by atoms with Crippen molar-refractivity contribution in [2.24, 2.45) is 4.99 Å². The third-order valence-corrected chi connectivity index (χ3v) is 3.36. The summed E-state index contributed by atoms with van der Waals surface area (Å²) in [6.45, 7) is 0. The largest absolute Gasteiger partial charge is 0.286 e. The van der Waals surface area contributed by atoms with Gasteiger partial charge in [-0.25, -0.2) is 0 Å². The highest BCUT2D eigenvalue weighted by atomic mass is 35.5. The van der Waals surface area contributed by atoms with Crippen LogP contribution in [0.25, 0.3) is 0 Å². The Hall–Kier alpha value is -1.15. The summed E-state index contributed by atoms with van der Waals surface area (Å²) < 4.78 is 0. The predicted octanol–water partition coefficient (Wildman–Crippen LogP) is 3.84. The fourth-order valence-electron chi connectivity index (χ4n) is 2.14. The topological polar surface area (TPSA) is 29.4 Å². The van der Waals surface area contributed by atoms with Crippen molar-refractivity contribution in [3.8, 4) is 0 Å². The molecule has 1 aliphatic rings. The molecule has 1 fully saturated rings. The van der Waals surface area contributed by atoms with Crippen molar-refractivity contribution in [3.63, 3.8) is 0 Å². The molecule has 0 amide bonds. The molecular formula is C14H16ClNO. The molecule has 1 saturated carbocycles. The van der Waals surface area contributed by atoms with Gasteiger partial charge in [-0.1, -0.05) is 61.2 Å². The van der Waals surface area contributed by atoms with Crippen LogP contribution in [0.3, 0.4) is 0 Å². The van der Waals surface area contributed by atoms with E-state index in [9.17, 15) is 4.79 Å². The van der Waals surface area contributed by atoms with Crippen LogP contribution in [-0.2, 0) is 0 Å². The lowest BCUT2D eigenvalue weighted by atomic mass is 9.96. The second-order valence-electron chi connectivity index (χ2n) is 4.41. The molecule has 0 N–H and O–H groups in total. The number of hydrogen-bond acceptors (Lipinski definition) is 2. The molecule has 90 valence electrons. The second kappa shape index (κ2) is 5.97. The highest BCUT2D eigenvalue weighted by molar-refractivity contribution is 6.84. The standard InChI is InChI=1S/C14H16ClNO/c15-14(16-12-9-5-2-6-10-12)13(17)11-7-3-1-4-8-11/h1,3-4,7-8,12H,2,5-6,9-10H2. The van der Waals surface area contributed by atoms with Gasteiger partial charge in [-0.15, -0.1) is 0 Å². The first-order valence-corrected chi connectivity index (χ1v) is 6.48.